The largest absolute Gasteiger partial charge is 0.396 e. The van der Waals surface area contributed by atoms with Crippen molar-refractivity contribution in [1.82, 2.24) is 0 Å². The molecule has 0 bridgehead atoms. The maximum absolute atomic E-state index is 8.87. The van der Waals surface area contributed by atoms with Gasteiger partial charge in [-0.05, 0) is 12.3 Å². The molecule has 1 atom stereocenters. The van der Waals surface area contributed by atoms with Gasteiger partial charge in [0.1, 0.15) is 0 Å². The van der Waals surface area contributed by atoms with Gasteiger partial charge in [0, 0.05) is 25.7 Å². The van der Waals surface area contributed by atoms with Gasteiger partial charge < -0.3 is 15.3 Å². The van der Waals surface area contributed by atoms with Gasteiger partial charge in [0.15, 0.2) is 0 Å². The Hall–Kier alpha value is -0.120. The lowest BCUT2D eigenvalue weighted by Crippen LogP contribution is -2.25. The average molecular weight is 162 g/mol. The third kappa shape index (κ3) is 3.70. The zero-order valence-corrected chi connectivity index (χ0v) is 7.03. The van der Waals surface area contributed by atoms with Crippen LogP contribution in [-0.2, 0) is 0 Å². The molecule has 3 N–H and O–H groups in total. The van der Waals surface area contributed by atoms with Crippen molar-refractivity contribution in [3.05, 3.63) is 0 Å². The van der Waals surface area contributed by atoms with Crippen molar-refractivity contribution in [2.24, 2.45) is 11.8 Å². The molecule has 0 aliphatic heterocycles. The quantitative estimate of drug-likeness (QED) is 0.515. The van der Waals surface area contributed by atoms with Gasteiger partial charge in [-0.3, -0.25) is 0 Å². The molecule has 3 nitrogen and oxygen atoms in total. The lowest BCUT2D eigenvalue weighted by molar-refractivity contribution is 0.0688. The maximum Gasteiger partial charge on any atom is 0.0484 e. The van der Waals surface area contributed by atoms with Crippen molar-refractivity contribution in [3.8, 4) is 0 Å². The maximum atomic E-state index is 8.87. The Morgan fingerprint density at radius 1 is 0.909 bits per heavy atom. The molecule has 11 heavy (non-hydrogen) atoms. The van der Waals surface area contributed by atoms with Gasteiger partial charge in [-0.15, -0.1) is 0 Å². The van der Waals surface area contributed by atoms with Crippen LogP contribution in [0.3, 0.4) is 0 Å². The highest BCUT2D eigenvalue weighted by Crippen LogP contribution is 2.16. The first-order valence-electron chi connectivity index (χ1n) is 4.12. The highest BCUT2D eigenvalue weighted by atomic mass is 16.3. The second kappa shape index (κ2) is 6.58. The van der Waals surface area contributed by atoms with Crippen LogP contribution in [0.1, 0.15) is 19.8 Å². The molecule has 0 aromatic carbocycles. The molecule has 3 heteroatoms. The van der Waals surface area contributed by atoms with E-state index in [0.717, 1.165) is 12.8 Å². The van der Waals surface area contributed by atoms with Crippen LogP contribution in [0.15, 0.2) is 0 Å². The van der Waals surface area contributed by atoms with E-state index in [0.29, 0.717) is 0 Å². The standard InChI is InChI=1S/C8H18O3/c1-2-3-7(4-9)8(5-10)6-11/h7-11H,2-6H2,1H3. The van der Waals surface area contributed by atoms with Crippen LogP contribution < -0.4 is 0 Å². The van der Waals surface area contributed by atoms with E-state index in [-0.39, 0.29) is 31.7 Å². The fourth-order valence-electron chi connectivity index (χ4n) is 1.20. The first kappa shape index (κ1) is 10.9. The fraction of sp³-hybridized carbons (Fsp3) is 1.00. The molecule has 0 spiro atoms. The number of aliphatic hydroxyl groups excluding tert-OH is 3. The molecule has 0 aliphatic carbocycles. The van der Waals surface area contributed by atoms with Crippen LogP contribution >= 0.6 is 0 Å². The summed E-state index contributed by atoms with van der Waals surface area (Å²) in [5, 5.41) is 26.4. The van der Waals surface area contributed by atoms with Crippen LogP contribution in [0, 0.1) is 11.8 Å². The SMILES string of the molecule is CCCC(CO)C(CO)CO. The summed E-state index contributed by atoms with van der Waals surface area (Å²) in [4.78, 5) is 0. The highest BCUT2D eigenvalue weighted by molar-refractivity contribution is 4.67. The molecule has 0 heterocycles. The average Bonchev–Trinajstić information content (AvgIpc) is 2.05. The monoisotopic (exact) mass is 162 g/mol. The predicted octanol–water partition coefficient (Wildman–Crippen LogP) is -0.00420. The third-order valence-corrected chi connectivity index (χ3v) is 2.03. The Morgan fingerprint density at radius 3 is 1.64 bits per heavy atom. The van der Waals surface area contributed by atoms with E-state index in [1.54, 1.807) is 0 Å². The van der Waals surface area contributed by atoms with Gasteiger partial charge in [0.25, 0.3) is 0 Å². The van der Waals surface area contributed by atoms with E-state index in [9.17, 15) is 0 Å². The third-order valence-electron chi connectivity index (χ3n) is 2.03. The molecular weight excluding hydrogens is 144 g/mol. The Balaban J connectivity index is 3.76. The van der Waals surface area contributed by atoms with Crippen molar-refractivity contribution < 1.29 is 15.3 Å². The molecular formula is C8H18O3. The van der Waals surface area contributed by atoms with Crippen molar-refractivity contribution in [2.45, 2.75) is 19.8 Å². The second-order valence-electron chi connectivity index (χ2n) is 2.86. The minimum absolute atomic E-state index is 0.0400. The summed E-state index contributed by atoms with van der Waals surface area (Å²) in [6.45, 7) is 2.00. The summed E-state index contributed by atoms with van der Waals surface area (Å²) in [6, 6.07) is 0. The van der Waals surface area contributed by atoms with Gasteiger partial charge >= 0.3 is 0 Å². The molecule has 0 amide bonds. The smallest absolute Gasteiger partial charge is 0.0484 e. The zero-order chi connectivity index (χ0) is 8.69. The van der Waals surface area contributed by atoms with E-state index in [4.69, 9.17) is 15.3 Å². The van der Waals surface area contributed by atoms with Crippen molar-refractivity contribution in [3.63, 3.8) is 0 Å². The van der Waals surface area contributed by atoms with Crippen molar-refractivity contribution >= 4 is 0 Å². The lowest BCUT2D eigenvalue weighted by Gasteiger charge is -2.20. The van der Waals surface area contributed by atoms with Crippen molar-refractivity contribution in [2.75, 3.05) is 19.8 Å². The topological polar surface area (TPSA) is 60.7 Å². The lowest BCUT2D eigenvalue weighted by atomic mass is 9.90. The van der Waals surface area contributed by atoms with E-state index in [1.165, 1.54) is 0 Å². The zero-order valence-electron chi connectivity index (χ0n) is 7.03. The molecule has 0 rings (SSSR count). The van der Waals surface area contributed by atoms with E-state index in [2.05, 4.69) is 0 Å². The number of aliphatic hydroxyl groups is 3. The summed E-state index contributed by atoms with van der Waals surface area (Å²) in [6.07, 6.45) is 1.84. The van der Waals surface area contributed by atoms with Crippen LogP contribution in [0.5, 0.6) is 0 Å². The first-order valence-corrected chi connectivity index (χ1v) is 4.12. The summed E-state index contributed by atoms with van der Waals surface area (Å²) in [5.41, 5.74) is 0. The van der Waals surface area contributed by atoms with Crippen LogP contribution in [0.25, 0.3) is 0 Å². The fourth-order valence-corrected chi connectivity index (χ4v) is 1.20. The van der Waals surface area contributed by atoms with Gasteiger partial charge in [0.05, 0.1) is 0 Å². The Labute approximate surface area is 67.7 Å². The number of rotatable bonds is 6. The Morgan fingerprint density at radius 2 is 1.36 bits per heavy atom. The first-order chi connectivity index (χ1) is 5.29. The molecule has 0 fully saturated rings. The summed E-state index contributed by atoms with van der Waals surface area (Å²) < 4.78 is 0. The van der Waals surface area contributed by atoms with Gasteiger partial charge in [-0.25, -0.2) is 0 Å². The molecule has 0 aromatic heterocycles. The van der Waals surface area contributed by atoms with Crippen LogP contribution in [0.2, 0.25) is 0 Å². The molecule has 0 radical (unpaired) electrons. The number of hydrogen-bond acceptors (Lipinski definition) is 3. The minimum atomic E-state index is -0.153. The minimum Gasteiger partial charge on any atom is -0.396 e. The van der Waals surface area contributed by atoms with E-state index < -0.39 is 0 Å². The molecule has 0 saturated carbocycles. The van der Waals surface area contributed by atoms with E-state index in [1.807, 2.05) is 6.92 Å². The molecule has 68 valence electrons. The van der Waals surface area contributed by atoms with Crippen LogP contribution in [-0.4, -0.2) is 35.1 Å². The summed E-state index contributed by atoms with van der Waals surface area (Å²) >= 11 is 0. The molecule has 0 saturated heterocycles. The van der Waals surface area contributed by atoms with Gasteiger partial charge in [0.2, 0.25) is 0 Å². The highest BCUT2D eigenvalue weighted by Gasteiger charge is 2.17. The van der Waals surface area contributed by atoms with E-state index >= 15 is 0 Å². The molecule has 0 aliphatic rings. The van der Waals surface area contributed by atoms with Gasteiger partial charge in [-0.1, -0.05) is 13.3 Å². The Bertz CT molecular complexity index is 81.4. The second-order valence-corrected chi connectivity index (χ2v) is 2.86. The summed E-state index contributed by atoms with van der Waals surface area (Å²) in [5.74, 6) is -0.102. The number of hydrogen-bond donors (Lipinski definition) is 3. The predicted molar refractivity (Wildman–Crippen MR) is 43.1 cm³/mol. The van der Waals surface area contributed by atoms with Crippen molar-refractivity contribution in [1.29, 1.82) is 0 Å². The van der Waals surface area contributed by atoms with Gasteiger partial charge in [-0.2, -0.15) is 0 Å². The normalized spacial score (nSPS) is 13.9. The summed E-state index contributed by atoms with van der Waals surface area (Å²) in [7, 11) is 0. The Kier molecular flexibility index (Phi) is 6.51. The molecule has 0 aromatic rings. The van der Waals surface area contributed by atoms with Crippen LogP contribution in [0.4, 0.5) is 0 Å². The molecule has 1 unspecified atom stereocenters.